The summed E-state index contributed by atoms with van der Waals surface area (Å²) < 4.78 is 5.60. The van der Waals surface area contributed by atoms with Crippen LogP contribution in [0.2, 0.25) is 0 Å². The molecule has 9 nitrogen and oxygen atoms in total. The van der Waals surface area contributed by atoms with Crippen molar-refractivity contribution in [2.45, 2.75) is 26.1 Å². The lowest BCUT2D eigenvalue weighted by Gasteiger charge is -2.35. The highest BCUT2D eigenvalue weighted by Crippen LogP contribution is 2.28. The normalized spacial score (nSPS) is 23.2. The molecule has 1 aliphatic heterocycles. The van der Waals surface area contributed by atoms with E-state index in [9.17, 15) is 10.1 Å². The van der Waals surface area contributed by atoms with Crippen LogP contribution in [0.3, 0.4) is 0 Å². The first-order chi connectivity index (χ1) is 9.01. The smallest absolute Gasteiger partial charge is 0.329 e. The summed E-state index contributed by atoms with van der Waals surface area (Å²) in [5, 5.41) is 11.0. The Morgan fingerprint density at radius 3 is 2.68 bits per heavy atom. The molecule has 0 aliphatic carbocycles. The van der Waals surface area contributed by atoms with Crippen molar-refractivity contribution in [3.63, 3.8) is 0 Å². The molecule has 104 valence electrons. The first kappa shape index (κ1) is 13.4. The molecule has 2 atom stereocenters. The Labute approximate surface area is 109 Å². The Morgan fingerprint density at radius 2 is 2.16 bits per heavy atom. The number of rotatable bonds is 3. The van der Waals surface area contributed by atoms with Gasteiger partial charge >= 0.3 is 5.69 Å². The zero-order valence-corrected chi connectivity index (χ0v) is 10.7. The zero-order chi connectivity index (χ0) is 14.0. The largest absolute Gasteiger partial charge is 0.372 e. The minimum absolute atomic E-state index is 0.0207. The average Bonchev–Trinajstić information content (AvgIpc) is 2.36. The van der Waals surface area contributed by atoms with Crippen molar-refractivity contribution in [3.8, 4) is 0 Å². The van der Waals surface area contributed by atoms with Gasteiger partial charge in [-0.1, -0.05) is 0 Å². The van der Waals surface area contributed by atoms with Crippen LogP contribution in [0.25, 0.3) is 0 Å². The number of nitrogen functional groups attached to an aromatic ring is 1. The molecular weight excluding hydrogens is 252 g/mol. The van der Waals surface area contributed by atoms with Gasteiger partial charge in [0.05, 0.1) is 17.1 Å². The van der Waals surface area contributed by atoms with E-state index in [0.717, 1.165) is 6.20 Å². The maximum atomic E-state index is 11.0. The fourth-order valence-corrected chi connectivity index (χ4v) is 2.15. The molecule has 1 saturated heterocycles. The van der Waals surface area contributed by atoms with Crippen molar-refractivity contribution in [1.82, 2.24) is 9.97 Å². The van der Waals surface area contributed by atoms with E-state index in [4.69, 9.17) is 10.6 Å². The molecule has 2 heterocycles. The minimum atomic E-state index is -0.500. The molecule has 1 aromatic rings. The number of hydrazine groups is 1. The van der Waals surface area contributed by atoms with Crippen molar-refractivity contribution < 1.29 is 9.66 Å². The molecule has 9 heteroatoms. The summed E-state index contributed by atoms with van der Waals surface area (Å²) in [6.07, 6.45) is 1.11. The van der Waals surface area contributed by atoms with E-state index >= 15 is 0 Å². The second kappa shape index (κ2) is 5.33. The van der Waals surface area contributed by atoms with E-state index in [0.29, 0.717) is 13.1 Å². The lowest BCUT2D eigenvalue weighted by Crippen LogP contribution is -2.46. The Hall–Kier alpha value is -2.00. The van der Waals surface area contributed by atoms with Gasteiger partial charge in [0.1, 0.15) is 6.20 Å². The van der Waals surface area contributed by atoms with E-state index in [1.54, 1.807) is 0 Å². The predicted molar refractivity (Wildman–Crippen MR) is 68.7 cm³/mol. The maximum Gasteiger partial charge on any atom is 0.329 e. The number of nitrogens with two attached hydrogens (primary N) is 1. The van der Waals surface area contributed by atoms with Crippen molar-refractivity contribution in [2.75, 3.05) is 23.4 Å². The first-order valence-electron chi connectivity index (χ1n) is 5.89. The van der Waals surface area contributed by atoms with Crippen LogP contribution < -0.4 is 16.2 Å². The Kier molecular flexibility index (Phi) is 3.76. The van der Waals surface area contributed by atoms with Crippen LogP contribution in [0.4, 0.5) is 17.5 Å². The number of hydrogen-bond donors (Lipinski definition) is 2. The molecule has 0 saturated carbocycles. The highest BCUT2D eigenvalue weighted by Gasteiger charge is 2.29. The summed E-state index contributed by atoms with van der Waals surface area (Å²) in [6, 6.07) is 0. The summed E-state index contributed by atoms with van der Waals surface area (Å²) in [7, 11) is 0. The second-order valence-corrected chi connectivity index (χ2v) is 4.47. The number of morpholine rings is 1. The van der Waals surface area contributed by atoms with Crippen molar-refractivity contribution in [2.24, 2.45) is 5.84 Å². The van der Waals surface area contributed by atoms with Crippen LogP contribution in [0.5, 0.6) is 0 Å². The highest BCUT2D eigenvalue weighted by atomic mass is 16.6. The van der Waals surface area contributed by atoms with Gasteiger partial charge in [0.2, 0.25) is 11.8 Å². The molecule has 2 rings (SSSR count). The molecule has 19 heavy (non-hydrogen) atoms. The van der Waals surface area contributed by atoms with Crippen LogP contribution >= 0.6 is 0 Å². The molecule has 0 aromatic carbocycles. The van der Waals surface area contributed by atoms with Crippen LogP contribution in [-0.2, 0) is 4.74 Å². The molecule has 0 spiro atoms. The Morgan fingerprint density at radius 1 is 1.53 bits per heavy atom. The molecule has 0 radical (unpaired) electrons. The van der Waals surface area contributed by atoms with Gasteiger partial charge in [-0.05, 0) is 13.8 Å². The second-order valence-electron chi connectivity index (χ2n) is 4.47. The van der Waals surface area contributed by atoms with Gasteiger partial charge in [-0.2, -0.15) is 4.98 Å². The molecule has 1 aromatic heterocycles. The van der Waals surface area contributed by atoms with Gasteiger partial charge in [0.15, 0.2) is 0 Å². The van der Waals surface area contributed by atoms with E-state index in [1.807, 2.05) is 18.7 Å². The average molecular weight is 268 g/mol. The van der Waals surface area contributed by atoms with Crippen molar-refractivity contribution in [3.05, 3.63) is 16.3 Å². The molecule has 1 aliphatic rings. The summed E-state index contributed by atoms with van der Waals surface area (Å²) in [6.45, 7) is 4.90. The van der Waals surface area contributed by atoms with Crippen LogP contribution in [0.15, 0.2) is 6.20 Å². The quantitative estimate of drug-likeness (QED) is 0.456. The molecular formula is C10H16N6O3. The number of nitrogens with zero attached hydrogens (tertiary/aromatic N) is 4. The third-order valence-corrected chi connectivity index (χ3v) is 2.79. The number of ether oxygens (including phenoxy) is 1. The number of nitrogens with one attached hydrogen (secondary N) is 1. The predicted octanol–water partition coefficient (Wildman–Crippen LogP) is 0.284. The molecule has 2 unspecified atom stereocenters. The van der Waals surface area contributed by atoms with E-state index in [2.05, 4.69) is 15.4 Å². The van der Waals surface area contributed by atoms with Gasteiger partial charge in [-0.15, -0.1) is 0 Å². The summed E-state index contributed by atoms with van der Waals surface area (Å²) in [5.74, 6) is 5.65. The number of anilines is 2. The third-order valence-electron chi connectivity index (χ3n) is 2.79. The Bertz CT molecular complexity index is 472. The third kappa shape index (κ3) is 2.88. The van der Waals surface area contributed by atoms with E-state index in [1.165, 1.54) is 0 Å². The summed E-state index contributed by atoms with van der Waals surface area (Å²) >= 11 is 0. The highest BCUT2D eigenvalue weighted by molar-refractivity contribution is 5.59. The lowest BCUT2D eigenvalue weighted by atomic mass is 10.2. The zero-order valence-electron chi connectivity index (χ0n) is 10.7. The molecule has 0 amide bonds. The van der Waals surface area contributed by atoms with Gasteiger partial charge in [0.25, 0.3) is 0 Å². The fraction of sp³-hybridized carbons (Fsp3) is 0.600. The van der Waals surface area contributed by atoms with Gasteiger partial charge in [0, 0.05) is 13.1 Å². The number of hydrogen-bond acceptors (Lipinski definition) is 8. The van der Waals surface area contributed by atoms with Gasteiger partial charge in [-0.3, -0.25) is 15.5 Å². The van der Waals surface area contributed by atoms with Crippen LogP contribution in [0, 0.1) is 10.1 Å². The van der Waals surface area contributed by atoms with E-state index < -0.39 is 4.92 Å². The molecule has 1 fully saturated rings. The van der Waals surface area contributed by atoms with Crippen LogP contribution in [0.1, 0.15) is 13.8 Å². The van der Waals surface area contributed by atoms with E-state index in [-0.39, 0.29) is 29.7 Å². The molecule has 3 N–H and O–H groups in total. The number of aromatic nitrogens is 2. The van der Waals surface area contributed by atoms with Crippen molar-refractivity contribution >= 4 is 17.5 Å². The monoisotopic (exact) mass is 268 g/mol. The number of nitro groups is 1. The van der Waals surface area contributed by atoms with Gasteiger partial charge in [-0.25, -0.2) is 10.8 Å². The molecule has 0 bridgehead atoms. The standard InChI is InChI=1S/C10H16N6O3/c1-6-4-15(5-7(2)19-6)9-8(16(17)18)3-12-10(13-9)14-11/h3,6-7H,4-5,11H2,1-2H3,(H,12,13,14). The summed E-state index contributed by atoms with van der Waals surface area (Å²) in [5.41, 5.74) is 2.15. The SMILES string of the molecule is CC1CN(c2nc(NN)ncc2[N+](=O)[O-])CC(C)O1. The maximum absolute atomic E-state index is 11.0. The minimum Gasteiger partial charge on any atom is -0.372 e. The van der Waals surface area contributed by atoms with Crippen LogP contribution in [-0.4, -0.2) is 40.2 Å². The van der Waals surface area contributed by atoms with Gasteiger partial charge < -0.3 is 9.64 Å². The first-order valence-corrected chi connectivity index (χ1v) is 5.89. The fourth-order valence-electron chi connectivity index (χ4n) is 2.15. The lowest BCUT2D eigenvalue weighted by molar-refractivity contribution is -0.384. The Balaban J connectivity index is 2.38. The van der Waals surface area contributed by atoms with Crippen molar-refractivity contribution in [1.29, 1.82) is 0 Å². The topological polar surface area (TPSA) is 119 Å². The summed E-state index contributed by atoms with van der Waals surface area (Å²) in [4.78, 5) is 20.2.